The van der Waals surface area contributed by atoms with Gasteiger partial charge in [0.1, 0.15) is 48.3 Å². The van der Waals surface area contributed by atoms with Gasteiger partial charge in [0.25, 0.3) is 0 Å². The lowest BCUT2D eigenvalue weighted by atomic mass is 9.76. The lowest BCUT2D eigenvalue weighted by Gasteiger charge is -2.29. The van der Waals surface area contributed by atoms with Crippen molar-refractivity contribution in [3.05, 3.63) is 483 Å². The molecule has 12 aromatic carbocycles. The average Bonchev–Trinajstić information content (AvgIpc) is 0.788. The van der Waals surface area contributed by atoms with Crippen LogP contribution in [-0.4, -0.2) is 64.1 Å². The molecule has 4 amide bonds. The first-order valence-electron chi connectivity index (χ1n) is 47.1. The number of amides is 4. The molecule has 21 rings (SSSR count). The summed E-state index contributed by atoms with van der Waals surface area (Å²) in [7, 11) is 1.60. The molecular formula is C118H83Cl8F3N12O9. The van der Waals surface area contributed by atoms with E-state index in [0.717, 1.165) is 134 Å². The zero-order valence-corrected chi connectivity index (χ0v) is 85.6. The SMILES string of the molecule is [C-]#[N+]c1c(NC(=O)OC2Cc3ccccc3C2)ncc2c1-c1ccccc1C(c1ccc(Cl)c(Cl)c1)C2.[C-]#[N+]c1c(NC(=O)OCCc2ccccc2OC)ncc2c1-c1ccccc1C(c1ccc(Cl)c(Cl)c1)C2.[C-]#[N+]c1c(NC(=O)OCc2ccccc2C(F)(F)F)ncc2c1-c1ccccc1C(c1ccc(Cl)c(Cl)c1)C2.[C-]#[N+]c1c(NC(=O)OCc2ccccc2C)ncc2c1-c1ccccc1C(c1ccc(Cl)c(Cl)c1)C2. The number of nitrogens with one attached hydrogen (secondary N) is 4. The number of nitrogens with zero attached hydrogens (tertiary/aromatic N) is 8. The van der Waals surface area contributed by atoms with Crippen LogP contribution in [0.2, 0.25) is 40.2 Å². The molecule has 4 heterocycles. The lowest BCUT2D eigenvalue weighted by molar-refractivity contribution is -0.138. The smallest absolute Gasteiger partial charge is 0.416 e. The number of aromatic nitrogens is 4. The molecule has 32 heteroatoms. The number of rotatable bonds is 17. The number of aryl methyl sites for hydroxylation is 1. The molecule has 0 fully saturated rings. The van der Waals surface area contributed by atoms with Crippen LogP contribution in [0.5, 0.6) is 5.75 Å². The van der Waals surface area contributed by atoms with Gasteiger partial charge in [-0.25, -0.2) is 38.6 Å². The Kier molecular flexibility index (Phi) is 32.1. The number of hydrogen-bond donors (Lipinski definition) is 4. The number of methoxy groups -OCH3 is 1. The van der Waals surface area contributed by atoms with E-state index in [1.807, 2.05) is 201 Å². The van der Waals surface area contributed by atoms with Crippen LogP contribution >= 0.6 is 92.8 Å². The molecule has 4 unspecified atom stereocenters. The fourth-order valence-electron chi connectivity index (χ4n) is 19.7. The number of fused-ring (bicyclic) bond motifs is 13. The molecule has 4 atom stereocenters. The Hall–Kier alpha value is -15.8. The molecule has 4 N–H and O–H groups in total. The molecule has 0 bridgehead atoms. The highest BCUT2D eigenvalue weighted by Gasteiger charge is 2.39. The normalized spacial score (nSPS) is 14.3. The van der Waals surface area contributed by atoms with Crippen molar-refractivity contribution in [3.63, 3.8) is 0 Å². The Morgan fingerprint density at radius 3 is 0.987 bits per heavy atom. The number of pyridine rings is 4. The number of benzene rings is 12. The average molecular weight is 2150 g/mol. The molecule has 0 radical (unpaired) electrons. The maximum Gasteiger partial charge on any atom is 0.416 e. The van der Waals surface area contributed by atoms with Crippen LogP contribution in [0.15, 0.2) is 292 Å². The second-order valence-corrected chi connectivity index (χ2v) is 38.8. The standard InChI is InChI=1S/C30H23Cl2N3O3.C30H21Cl2N3O2.C29H18Cl2F3N3O2.C29H21Cl2N3O2/c1-33-28-27-20(15-23(21-8-4-5-9-22(21)27)19-11-12-24(31)25(32)16-19)17-34-29(28)35-30(36)38-14-13-18-7-3-6-10-26(18)37-2;1-33-28-27-20(14-24(22-8-4-5-9-23(22)27)19-10-11-25(31)26(32)15-19)16-34-29(28)35-30(36)37-21-12-17-6-2-3-7-18(17)13-21;1-35-26-25-18(12-21(19-7-3-4-8-20(19)25)16-10-11-23(30)24(31)13-16)14-36-27(26)37-28(38)39-15-17-6-2-5-9-22(17)29(32,33)34;1-17-7-3-4-8-19(17)16-36-29(35)34-28-27(32-2)26-20(15-33-28)13-23(21-9-5-6-10-22(21)26)18-11-12-24(30)25(31)14-18/h3-12,16-17,23H,13-15H2,2H3,(H,34,35,36);2-11,15-16,21,24H,12-14H2,(H,34,35,36);2-11,13-14,21H,12,15H2,(H,36,37,38);3-12,14-15,23H,13,16H2,1H3,(H,33,34,35). The zero-order chi connectivity index (χ0) is 105. The third-order valence-electron chi connectivity index (χ3n) is 26.7. The van der Waals surface area contributed by atoms with Gasteiger partial charge in [0.2, 0.25) is 22.7 Å². The van der Waals surface area contributed by atoms with Crippen molar-refractivity contribution in [1.29, 1.82) is 0 Å². The number of ether oxygens (including phenoxy) is 5. The monoisotopic (exact) mass is 2150 g/mol. The molecule has 0 aliphatic heterocycles. The summed E-state index contributed by atoms with van der Waals surface area (Å²) in [4.78, 5) is 83.2. The third-order valence-corrected chi connectivity index (χ3v) is 29.7. The lowest BCUT2D eigenvalue weighted by Crippen LogP contribution is -2.23. The third kappa shape index (κ3) is 22.8. The van der Waals surface area contributed by atoms with Gasteiger partial charge < -0.3 is 23.7 Å². The van der Waals surface area contributed by atoms with Gasteiger partial charge in [-0.05, 0) is 232 Å². The summed E-state index contributed by atoms with van der Waals surface area (Å²) >= 11 is 49.8. The van der Waals surface area contributed by atoms with Crippen molar-refractivity contribution in [2.75, 3.05) is 35.0 Å². The number of carbonyl (C=O) groups is 4. The largest absolute Gasteiger partial charge is 0.496 e. The number of carbonyl (C=O) groups excluding carboxylic acids is 4. The van der Waals surface area contributed by atoms with Gasteiger partial charge >= 0.3 is 30.5 Å². The van der Waals surface area contributed by atoms with E-state index < -0.39 is 42.7 Å². The van der Waals surface area contributed by atoms with Crippen molar-refractivity contribution in [2.24, 2.45) is 0 Å². The Morgan fingerprint density at radius 2 is 0.647 bits per heavy atom. The molecule has 16 aromatic rings. The molecule has 5 aliphatic rings. The summed E-state index contributed by atoms with van der Waals surface area (Å²) in [5.41, 5.74) is 23.6. The van der Waals surface area contributed by atoms with E-state index in [2.05, 4.69) is 90.9 Å². The first-order chi connectivity index (χ1) is 72.6. The second-order valence-electron chi connectivity index (χ2n) is 35.6. The number of para-hydroxylation sites is 1. The number of hydrogen-bond acceptors (Lipinski definition) is 13. The fraction of sp³-hybridized carbons (Fsp3) is 0.153. The number of halogens is 11. The van der Waals surface area contributed by atoms with E-state index in [9.17, 15) is 32.3 Å². The number of anilines is 4. The summed E-state index contributed by atoms with van der Waals surface area (Å²) in [6.07, 6.45) is 3.27. The van der Waals surface area contributed by atoms with Gasteiger partial charge in [0.05, 0.1) is 85.7 Å². The van der Waals surface area contributed by atoms with Crippen LogP contribution < -0.4 is 26.0 Å². The van der Waals surface area contributed by atoms with Crippen LogP contribution in [0.1, 0.15) is 129 Å². The summed E-state index contributed by atoms with van der Waals surface area (Å²) in [6.45, 7) is 33.3. The Bertz CT molecular complexity index is 8190. The molecular weight excluding hydrogens is 2070 g/mol. The van der Waals surface area contributed by atoms with Crippen molar-refractivity contribution in [3.8, 4) is 50.3 Å². The topological polar surface area (TPSA) is 232 Å². The minimum absolute atomic E-state index is 0.0209. The van der Waals surface area contributed by atoms with E-state index in [4.69, 9.17) is 143 Å². The van der Waals surface area contributed by atoms with Crippen molar-refractivity contribution in [2.45, 2.75) is 101 Å². The van der Waals surface area contributed by atoms with Crippen molar-refractivity contribution in [1.82, 2.24) is 19.9 Å². The molecule has 21 nitrogen and oxygen atoms in total. The predicted octanol–water partition coefficient (Wildman–Crippen LogP) is 33.5. The summed E-state index contributed by atoms with van der Waals surface area (Å²) < 4.78 is 66.7. The minimum Gasteiger partial charge on any atom is -0.496 e. The Labute approximate surface area is 901 Å². The van der Waals surface area contributed by atoms with E-state index in [0.29, 0.717) is 102 Å². The van der Waals surface area contributed by atoms with Crippen LogP contribution in [0.4, 0.5) is 78.4 Å². The Balaban J connectivity index is 0.000000131. The summed E-state index contributed by atoms with van der Waals surface area (Å²) in [5.74, 6) is 1.27. The Morgan fingerprint density at radius 1 is 0.347 bits per heavy atom. The van der Waals surface area contributed by atoms with Gasteiger partial charge in [-0.3, -0.25) is 41.2 Å². The van der Waals surface area contributed by atoms with Crippen LogP contribution in [0.25, 0.3) is 63.9 Å². The summed E-state index contributed by atoms with van der Waals surface area (Å²) in [5, 5.41) is 14.4. The summed E-state index contributed by atoms with van der Waals surface area (Å²) in [6, 6.07) is 82.3. The van der Waals surface area contributed by atoms with Gasteiger partial charge in [0.15, 0.2) is 0 Å². The van der Waals surface area contributed by atoms with Crippen molar-refractivity contribution < 1.29 is 56.0 Å². The zero-order valence-electron chi connectivity index (χ0n) is 79.6. The van der Waals surface area contributed by atoms with Gasteiger partial charge in [-0.15, -0.1) is 0 Å². The molecule has 0 saturated heterocycles. The highest BCUT2D eigenvalue weighted by molar-refractivity contribution is 6.43. The minimum atomic E-state index is -4.59. The van der Waals surface area contributed by atoms with E-state index in [-0.39, 0.29) is 83.2 Å². The van der Waals surface area contributed by atoms with Crippen LogP contribution in [-0.2, 0) is 83.3 Å². The van der Waals surface area contributed by atoms with Gasteiger partial charge in [0, 0.05) is 73.3 Å². The molecule has 4 aromatic heterocycles. The molecule has 5 aliphatic carbocycles. The van der Waals surface area contributed by atoms with E-state index >= 15 is 0 Å². The highest BCUT2D eigenvalue weighted by atomic mass is 35.5. The number of alkyl halides is 3. The fourth-order valence-corrected chi connectivity index (χ4v) is 21.0. The molecule has 746 valence electrons. The molecule has 0 saturated carbocycles. The van der Waals surface area contributed by atoms with Gasteiger partial charge in [-0.1, -0.05) is 299 Å². The first kappa shape index (κ1) is 104. The highest BCUT2D eigenvalue weighted by Crippen LogP contribution is 2.55. The maximum atomic E-state index is 13.3. The molecule has 150 heavy (non-hydrogen) atoms. The van der Waals surface area contributed by atoms with E-state index in [1.165, 1.54) is 29.3 Å². The quantitative estimate of drug-likeness (QED) is 0.0491. The van der Waals surface area contributed by atoms with Crippen LogP contribution in [0, 0.1) is 33.2 Å². The molecule has 0 spiro atoms. The van der Waals surface area contributed by atoms with Crippen LogP contribution in [0.3, 0.4) is 0 Å². The second kappa shape index (κ2) is 46.3. The first-order valence-corrected chi connectivity index (χ1v) is 50.1. The predicted molar refractivity (Wildman–Crippen MR) is 581 cm³/mol. The van der Waals surface area contributed by atoms with E-state index in [1.54, 1.807) is 50.1 Å². The van der Waals surface area contributed by atoms with Crippen molar-refractivity contribution >= 4 is 163 Å². The van der Waals surface area contributed by atoms with Gasteiger partial charge in [-0.2, -0.15) is 13.2 Å². The maximum absolute atomic E-state index is 13.3.